The fourth-order valence-corrected chi connectivity index (χ4v) is 4.28. The van der Waals surface area contributed by atoms with Gasteiger partial charge in [0.25, 0.3) is 5.91 Å². The van der Waals surface area contributed by atoms with Crippen molar-refractivity contribution in [3.05, 3.63) is 45.6 Å². The molecular weight excluding hydrogens is 354 g/mol. The fraction of sp³-hybridized carbons (Fsp3) is 0.368. The van der Waals surface area contributed by atoms with Gasteiger partial charge in [-0.2, -0.15) is 0 Å². The van der Waals surface area contributed by atoms with Gasteiger partial charge in [0, 0.05) is 29.4 Å². The third-order valence-electron chi connectivity index (χ3n) is 4.71. The molecule has 0 bridgehead atoms. The number of hydrogen-bond donors (Lipinski definition) is 1. The molecule has 2 aromatic rings. The number of carboxylic acids is 1. The van der Waals surface area contributed by atoms with Gasteiger partial charge in [0.05, 0.1) is 25.0 Å². The molecule has 1 N–H and O–H groups in total. The maximum atomic E-state index is 12.8. The van der Waals surface area contributed by atoms with E-state index in [0.717, 1.165) is 10.4 Å². The third-order valence-corrected chi connectivity index (χ3v) is 5.70. The molecule has 2 heterocycles. The van der Waals surface area contributed by atoms with Gasteiger partial charge in [-0.05, 0) is 25.1 Å². The smallest absolute Gasteiger partial charge is 0.308 e. The van der Waals surface area contributed by atoms with Gasteiger partial charge in [-0.15, -0.1) is 11.3 Å². The summed E-state index contributed by atoms with van der Waals surface area (Å²) in [6.45, 7) is 2.45. The molecule has 6 nitrogen and oxygen atoms in total. The van der Waals surface area contributed by atoms with Crippen molar-refractivity contribution in [3.8, 4) is 11.5 Å². The van der Waals surface area contributed by atoms with Gasteiger partial charge in [-0.3, -0.25) is 9.59 Å². The molecule has 0 spiro atoms. The van der Waals surface area contributed by atoms with Crippen molar-refractivity contribution in [2.75, 3.05) is 27.3 Å². The Bertz CT molecular complexity index is 831. The zero-order valence-electron chi connectivity index (χ0n) is 14.9. The number of aliphatic carboxylic acids is 1. The molecule has 1 aromatic carbocycles. The lowest BCUT2D eigenvalue weighted by atomic mass is 9.88. The van der Waals surface area contributed by atoms with Crippen molar-refractivity contribution < 1.29 is 24.2 Å². The number of likely N-dealkylation sites (tertiary alicyclic amines) is 1. The van der Waals surface area contributed by atoms with Crippen LogP contribution in [-0.2, 0) is 4.79 Å². The number of amides is 1. The first-order valence-corrected chi connectivity index (χ1v) is 9.07. The first-order chi connectivity index (χ1) is 12.5. The van der Waals surface area contributed by atoms with Crippen LogP contribution in [0.3, 0.4) is 0 Å². The minimum absolute atomic E-state index is 0.126. The predicted molar refractivity (Wildman–Crippen MR) is 98.4 cm³/mol. The summed E-state index contributed by atoms with van der Waals surface area (Å²) in [5, 5.41) is 9.70. The van der Waals surface area contributed by atoms with Crippen molar-refractivity contribution in [1.29, 1.82) is 0 Å². The number of carboxylic acid groups (broad SMARTS) is 1. The third kappa shape index (κ3) is 3.26. The maximum Gasteiger partial charge on any atom is 0.308 e. The van der Waals surface area contributed by atoms with Gasteiger partial charge in [0.15, 0.2) is 11.5 Å². The summed E-state index contributed by atoms with van der Waals surface area (Å²) in [6, 6.07) is 9.10. The van der Waals surface area contributed by atoms with E-state index in [2.05, 4.69) is 0 Å². The van der Waals surface area contributed by atoms with E-state index in [0.29, 0.717) is 22.9 Å². The Labute approximate surface area is 156 Å². The average Bonchev–Trinajstić information content (AvgIpc) is 3.27. The predicted octanol–water partition coefficient (Wildman–Crippen LogP) is 3.01. The van der Waals surface area contributed by atoms with Crippen molar-refractivity contribution in [3.63, 3.8) is 0 Å². The number of para-hydroxylation sites is 1. The molecule has 26 heavy (non-hydrogen) atoms. The maximum absolute atomic E-state index is 12.8. The summed E-state index contributed by atoms with van der Waals surface area (Å²) >= 11 is 1.42. The van der Waals surface area contributed by atoms with Gasteiger partial charge in [-0.25, -0.2) is 0 Å². The van der Waals surface area contributed by atoms with Crippen molar-refractivity contribution in [2.45, 2.75) is 12.8 Å². The number of aryl methyl sites for hydroxylation is 1. The lowest BCUT2D eigenvalue weighted by Gasteiger charge is -2.20. The second-order valence-electron chi connectivity index (χ2n) is 6.25. The summed E-state index contributed by atoms with van der Waals surface area (Å²) in [5.74, 6) is -1.03. The molecule has 1 aromatic heterocycles. The molecule has 1 fully saturated rings. The van der Waals surface area contributed by atoms with Crippen LogP contribution in [0.1, 0.15) is 26.0 Å². The molecule has 0 radical (unpaired) electrons. The van der Waals surface area contributed by atoms with E-state index in [1.807, 2.05) is 25.1 Å². The van der Waals surface area contributed by atoms with Gasteiger partial charge < -0.3 is 19.5 Å². The van der Waals surface area contributed by atoms with Crippen LogP contribution in [0, 0.1) is 12.8 Å². The Balaban J connectivity index is 1.94. The van der Waals surface area contributed by atoms with E-state index in [-0.39, 0.29) is 18.4 Å². The number of methoxy groups -OCH3 is 2. The fourth-order valence-electron chi connectivity index (χ4n) is 3.44. The summed E-state index contributed by atoms with van der Waals surface area (Å²) in [5.41, 5.74) is 0.747. The van der Waals surface area contributed by atoms with E-state index in [1.54, 1.807) is 24.1 Å². The lowest BCUT2D eigenvalue weighted by molar-refractivity contribution is -0.141. The van der Waals surface area contributed by atoms with Crippen molar-refractivity contribution >= 4 is 23.2 Å². The first kappa shape index (κ1) is 18.3. The van der Waals surface area contributed by atoms with E-state index in [4.69, 9.17) is 9.47 Å². The Morgan fingerprint density at radius 1 is 1.15 bits per heavy atom. The highest BCUT2D eigenvalue weighted by atomic mass is 32.1. The first-order valence-electron chi connectivity index (χ1n) is 8.25. The molecule has 7 heteroatoms. The highest BCUT2D eigenvalue weighted by molar-refractivity contribution is 7.13. The molecule has 1 saturated heterocycles. The van der Waals surface area contributed by atoms with Crippen LogP contribution in [0.15, 0.2) is 30.3 Å². The second kappa shape index (κ2) is 7.37. The number of rotatable bonds is 5. The summed E-state index contributed by atoms with van der Waals surface area (Å²) in [4.78, 5) is 27.9. The number of carbonyl (C=O) groups is 2. The average molecular weight is 375 g/mol. The zero-order valence-corrected chi connectivity index (χ0v) is 15.7. The van der Waals surface area contributed by atoms with Crippen LogP contribution < -0.4 is 9.47 Å². The largest absolute Gasteiger partial charge is 0.493 e. The Morgan fingerprint density at radius 2 is 1.92 bits per heavy atom. The monoisotopic (exact) mass is 375 g/mol. The van der Waals surface area contributed by atoms with E-state index in [9.17, 15) is 14.7 Å². The number of carbonyl (C=O) groups excluding carboxylic acids is 1. The number of thiophene rings is 1. The van der Waals surface area contributed by atoms with Crippen LogP contribution in [0.25, 0.3) is 0 Å². The summed E-state index contributed by atoms with van der Waals surface area (Å²) in [7, 11) is 3.07. The lowest BCUT2D eigenvalue weighted by Crippen LogP contribution is -2.29. The SMILES string of the molecule is COc1cccc([C@H]2CN(C(=O)c3ccc(C)s3)C[C@@H]2C(=O)O)c1OC. The molecule has 3 rings (SSSR count). The standard InChI is InChI=1S/C19H21NO5S/c1-11-7-8-16(26-11)18(21)20-9-13(14(10-20)19(22)23)12-5-4-6-15(24-2)17(12)25-3/h4-8,13-14H,9-10H2,1-3H3,(H,22,23)/t13-,14+/m1/s1. The van der Waals surface area contributed by atoms with Crippen LogP contribution in [0.2, 0.25) is 0 Å². The number of benzene rings is 1. The molecule has 0 unspecified atom stereocenters. The van der Waals surface area contributed by atoms with Crippen molar-refractivity contribution in [1.82, 2.24) is 4.90 Å². The Kier molecular flexibility index (Phi) is 5.18. The topological polar surface area (TPSA) is 76.1 Å². The molecule has 1 aliphatic rings. The van der Waals surface area contributed by atoms with Gasteiger partial charge in [0.1, 0.15) is 0 Å². The van der Waals surface area contributed by atoms with Crippen LogP contribution in [0.4, 0.5) is 0 Å². The summed E-state index contributed by atoms with van der Waals surface area (Å²) < 4.78 is 10.8. The van der Waals surface area contributed by atoms with Crippen LogP contribution in [-0.4, -0.2) is 49.2 Å². The quantitative estimate of drug-likeness (QED) is 0.869. The molecule has 0 saturated carbocycles. The second-order valence-corrected chi connectivity index (χ2v) is 7.54. The minimum atomic E-state index is -0.919. The molecule has 0 aliphatic carbocycles. The minimum Gasteiger partial charge on any atom is -0.493 e. The number of hydrogen-bond acceptors (Lipinski definition) is 5. The van der Waals surface area contributed by atoms with E-state index < -0.39 is 11.9 Å². The van der Waals surface area contributed by atoms with E-state index >= 15 is 0 Å². The van der Waals surface area contributed by atoms with Gasteiger partial charge in [-0.1, -0.05) is 12.1 Å². The normalized spacial score (nSPS) is 19.4. The number of nitrogens with zero attached hydrogens (tertiary/aromatic N) is 1. The molecule has 1 amide bonds. The van der Waals surface area contributed by atoms with Crippen LogP contribution in [0.5, 0.6) is 11.5 Å². The highest BCUT2D eigenvalue weighted by Crippen LogP contribution is 2.42. The van der Waals surface area contributed by atoms with E-state index in [1.165, 1.54) is 18.4 Å². The molecular formula is C19H21NO5S. The zero-order chi connectivity index (χ0) is 18.8. The molecule has 1 aliphatic heterocycles. The summed E-state index contributed by atoms with van der Waals surface area (Å²) in [6.07, 6.45) is 0. The highest BCUT2D eigenvalue weighted by Gasteiger charge is 2.42. The van der Waals surface area contributed by atoms with Crippen LogP contribution >= 0.6 is 11.3 Å². The van der Waals surface area contributed by atoms with Gasteiger partial charge >= 0.3 is 5.97 Å². The Morgan fingerprint density at radius 3 is 2.50 bits per heavy atom. The molecule has 138 valence electrons. The van der Waals surface area contributed by atoms with Crippen molar-refractivity contribution in [2.24, 2.45) is 5.92 Å². The number of ether oxygens (including phenoxy) is 2. The Hall–Kier alpha value is -2.54. The molecule has 2 atom stereocenters. The van der Waals surface area contributed by atoms with Gasteiger partial charge in [0.2, 0.25) is 0 Å².